The van der Waals surface area contributed by atoms with Gasteiger partial charge in [-0.1, -0.05) is 36.4 Å². The van der Waals surface area contributed by atoms with Crippen LogP contribution < -0.4 is 0 Å². The van der Waals surface area contributed by atoms with Crippen LogP contribution in [0.1, 0.15) is 19.4 Å². The zero-order valence-electron chi connectivity index (χ0n) is 15.2. The van der Waals surface area contributed by atoms with E-state index in [4.69, 9.17) is 9.47 Å². The first-order valence-electron chi connectivity index (χ1n) is 8.74. The molecule has 6 nitrogen and oxygen atoms in total. The zero-order chi connectivity index (χ0) is 19.2. The molecule has 0 fully saturated rings. The summed E-state index contributed by atoms with van der Waals surface area (Å²) in [5, 5.41) is 0. The summed E-state index contributed by atoms with van der Waals surface area (Å²) in [5.41, 5.74) is 3.02. The van der Waals surface area contributed by atoms with Crippen LogP contribution in [0.5, 0.6) is 0 Å². The Morgan fingerprint density at radius 2 is 1.70 bits per heavy atom. The van der Waals surface area contributed by atoms with Gasteiger partial charge < -0.3 is 9.47 Å². The van der Waals surface area contributed by atoms with E-state index in [-0.39, 0.29) is 12.6 Å². The lowest BCUT2D eigenvalue weighted by Crippen LogP contribution is -2.14. The van der Waals surface area contributed by atoms with Crippen LogP contribution in [0.3, 0.4) is 0 Å². The first-order valence-corrected chi connectivity index (χ1v) is 8.74. The molecule has 0 unspecified atom stereocenters. The molecule has 1 aromatic heterocycles. The van der Waals surface area contributed by atoms with Gasteiger partial charge in [-0.25, -0.2) is 19.1 Å². The van der Waals surface area contributed by atoms with E-state index in [1.165, 1.54) is 10.6 Å². The monoisotopic (exact) mass is 364 g/mol. The fourth-order valence-electron chi connectivity index (χ4n) is 2.69. The van der Waals surface area contributed by atoms with Gasteiger partial charge in [-0.05, 0) is 37.6 Å². The number of para-hydroxylation sites is 2. The van der Waals surface area contributed by atoms with Crippen molar-refractivity contribution in [2.45, 2.75) is 13.8 Å². The van der Waals surface area contributed by atoms with E-state index in [0.717, 1.165) is 11.1 Å². The number of imidazole rings is 1. The van der Waals surface area contributed by atoms with Gasteiger partial charge in [0.05, 0.1) is 24.2 Å². The Balaban J connectivity index is 1.96. The molecule has 138 valence electrons. The average Bonchev–Trinajstić information content (AvgIpc) is 3.07. The number of aromatic nitrogens is 2. The second-order valence-electron chi connectivity index (χ2n) is 5.67. The van der Waals surface area contributed by atoms with Gasteiger partial charge in [0, 0.05) is 11.6 Å². The van der Waals surface area contributed by atoms with Crippen molar-refractivity contribution in [3.8, 4) is 11.4 Å². The molecule has 0 aliphatic rings. The molecule has 3 aromatic rings. The molecular formula is C21H20N2O4. The summed E-state index contributed by atoms with van der Waals surface area (Å²) in [6.45, 7) is 4.14. The molecule has 2 aromatic carbocycles. The van der Waals surface area contributed by atoms with Gasteiger partial charge in [0.25, 0.3) is 0 Å². The second kappa shape index (κ2) is 8.31. The minimum Gasteiger partial charge on any atom is -0.463 e. The van der Waals surface area contributed by atoms with Crippen molar-refractivity contribution in [2.24, 2.45) is 0 Å². The maximum atomic E-state index is 12.5. The maximum absolute atomic E-state index is 12.5. The maximum Gasteiger partial charge on any atom is 0.420 e. The molecule has 1 heterocycles. The van der Waals surface area contributed by atoms with Crippen molar-refractivity contribution in [1.29, 1.82) is 0 Å². The fourth-order valence-corrected chi connectivity index (χ4v) is 2.69. The molecule has 0 amide bonds. The molecule has 27 heavy (non-hydrogen) atoms. The number of fused-ring (bicyclic) bond motifs is 1. The highest BCUT2D eigenvalue weighted by molar-refractivity contribution is 5.92. The van der Waals surface area contributed by atoms with E-state index in [1.54, 1.807) is 19.9 Å². The predicted octanol–water partition coefficient (Wildman–Crippen LogP) is 4.28. The van der Waals surface area contributed by atoms with Crippen molar-refractivity contribution >= 4 is 29.2 Å². The molecule has 0 bridgehead atoms. The minimum atomic E-state index is -0.465. The van der Waals surface area contributed by atoms with E-state index in [1.807, 2.05) is 48.5 Å². The van der Waals surface area contributed by atoms with Crippen LogP contribution in [0, 0.1) is 0 Å². The highest BCUT2D eigenvalue weighted by Crippen LogP contribution is 2.25. The summed E-state index contributed by atoms with van der Waals surface area (Å²) in [7, 11) is 0. The SMILES string of the molecule is CCOC(=O)/C=C/c1ccc(-c2nc3ccccc3n2C(=O)OCC)cc1. The number of nitrogens with zero attached hydrogens (tertiary/aromatic N) is 2. The quantitative estimate of drug-likeness (QED) is 0.499. The van der Waals surface area contributed by atoms with E-state index in [9.17, 15) is 9.59 Å². The third-order valence-electron chi connectivity index (χ3n) is 3.88. The fraction of sp³-hybridized carbons (Fsp3) is 0.190. The summed E-state index contributed by atoms with van der Waals surface area (Å²) in [6, 6.07) is 14.8. The lowest BCUT2D eigenvalue weighted by Gasteiger charge is -2.08. The number of hydrogen-bond donors (Lipinski definition) is 0. The molecule has 0 spiro atoms. The molecular weight excluding hydrogens is 344 g/mol. The predicted molar refractivity (Wildman–Crippen MR) is 103 cm³/mol. The number of hydrogen-bond acceptors (Lipinski definition) is 5. The first-order chi connectivity index (χ1) is 13.1. The molecule has 0 aliphatic carbocycles. The number of benzene rings is 2. The topological polar surface area (TPSA) is 70.4 Å². The molecule has 0 aliphatic heterocycles. The largest absolute Gasteiger partial charge is 0.463 e. The molecule has 0 N–H and O–H groups in total. The number of carbonyl (C=O) groups excluding carboxylic acids is 2. The summed E-state index contributed by atoms with van der Waals surface area (Å²) in [4.78, 5) is 28.5. The van der Waals surface area contributed by atoms with Gasteiger partial charge in [-0.2, -0.15) is 0 Å². The minimum absolute atomic E-state index is 0.280. The smallest absolute Gasteiger partial charge is 0.420 e. The summed E-state index contributed by atoms with van der Waals surface area (Å²) in [6.07, 6.45) is 2.59. The standard InChI is InChI=1S/C21H20N2O4/c1-3-26-19(24)14-11-15-9-12-16(13-10-15)20-22-17-7-5-6-8-18(17)23(20)21(25)27-4-2/h5-14H,3-4H2,1-2H3/b14-11+. The van der Waals surface area contributed by atoms with Gasteiger partial charge in [-0.3, -0.25) is 0 Å². The summed E-state index contributed by atoms with van der Waals surface area (Å²) >= 11 is 0. The van der Waals surface area contributed by atoms with Crippen molar-refractivity contribution in [2.75, 3.05) is 13.2 Å². The molecule has 3 rings (SSSR count). The average molecular weight is 364 g/mol. The molecule has 0 atom stereocenters. The zero-order valence-corrected chi connectivity index (χ0v) is 15.2. The Hall–Kier alpha value is -3.41. The second-order valence-corrected chi connectivity index (χ2v) is 5.67. The van der Waals surface area contributed by atoms with Crippen LogP contribution in [0.2, 0.25) is 0 Å². The van der Waals surface area contributed by atoms with E-state index in [0.29, 0.717) is 23.5 Å². The number of esters is 1. The Kier molecular flexibility index (Phi) is 5.66. The van der Waals surface area contributed by atoms with Crippen LogP contribution in [0.4, 0.5) is 4.79 Å². The highest BCUT2D eigenvalue weighted by Gasteiger charge is 2.18. The highest BCUT2D eigenvalue weighted by atomic mass is 16.5. The van der Waals surface area contributed by atoms with Crippen LogP contribution in [0.15, 0.2) is 54.6 Å². The lowest BCUT2D eigenvalue weighted by atomic mass is 10.1. The normalized spacial score (nSPS) is 11.0. The van der Waals surface area contributed by atoms with Crippen LogP contribution >= 0.6 is 0 Å². The third-order valence-corrected chi connectivity index (χ3v) is 3.88. The van der Waals surface area contributed by atoms with Crippen LogP contribution in [-0.4, -0.2) is 34.8 Å². The molecule has 6 heteroatoms. The third kappa shape index (κ3) is 4.06. The van der Waals surface area contributed by atoms with Crippen molar-refractivity contribution in [3.05, 3.63) is 60.2 Å². The van der Waals surface area contributed by atoms with Crippen LogP contribution in [0.25, 0.3) is 28.5 Å². The Labute approximate surface area is 157 Å². The van der Waals surface area contributed by atoms with Gasteiger partial charge >= 0.3 is 12.1 Å². The number of ether oxygens (including phenoxy) is 2. The Morgan fingerprint density at radius 1 is 1.00 bits per heavy atom. The summed E-state index contributed by atoms with van der Waals surface area (Å²) < 4.78 is 11.5. The van der Waals surface area contributed by atoms with E-state index >= 15 is 0 Å². The van der Waals surface area contributed by atoms with Gasteiger partial charge in [0.2, 0.25) is 0 Å². The lowest BCUT2D eigenvalue weighted by molar-refractivity contribution is -0.137. The summed E-state index contributed by atoms with van der Waals surface area (Å²) in [5.74, 6) is 0.126. The number of carbonyl (C=O) groups is 2. The van der Waals surface area contributed by atoms with Crippen LogP contribution in [-0.2, 0) is 14.3 Å². The van der Waals surface area contributed by atoms with Gasteiger partial charge in [0.15, 0.2) is 5.82 Å². The number of rotatable bonds is 5. The Morgan fingerprint density at radius 3 is 2.41 bits per heavy atom. The van der Waals surface area contributed by atoms with E-state index in [2.05, 4.69) is 4.98 Å². The molecule has 0 radical (unpaired) electrons. The van der Waals surface area contributed by atoms with Crippen molar-refractivity contribution in [1.82, 2.24) is 9.55 Å². The van der Waals surface area contributed by atoms with E-state index < -0.39 is 6.09 Å². The molecule has 0 saturated heterocycles. The van der Waals surface area contributed by atoms with Crippen molar-refractivity contribution < 1.29 is 19.1 Å². The van der Waals surface area contributed by atoms with Gasteiger partial charge in [0.1, 0.15) is 0 Å². The Bertz CT molecular complexity index is 987. The molecule has 0 saturated carbocycles. The van der Waals surface area contributed by atoms with Gasteiger partial charge in [-0.15, -0.1) is 0 Å². The van der Waals surface area contributed by atoms with Crippen molar-refractivity contribution in [3.63, 3.8) is 0 Å². The first kappa shape index (κ1) is 18.4.